The molecule has 0 bridgehead atoms. The van der Waals surface area contributed by atoms with Gasteiger partial charge in [0, 0.05) is 86.6 Å². The third-order valence-corrected chi connectivity index (χ3v) is 19.9. The molecule has 0 aliphatic carbocycles. The van der Waals surface area contributed by atoms with Crippen molar-refractivity contribution in [1.82, 2.24) is 0 Å². The molecule has 0 fully saturated rings. The molecule has 554 valence electrons. The van der Waals surface area contributed by atoms with E-state index in [0.717, 1.165) is 52.8 Å². The summed E-state index contributed by atoms with van der Waals surface area (Å²) in [6.07, 6.45) is 8.06. The molecule has 4 heteroatoms. The number of benzene rings is 8. The van der Waals surface area contributed by atoms with E-state index in [0.29, 0.717) is 56.8 Å². The lowest BCUT2D eigenvalue weighted by Gasteiger charge is -2.16. The zero-order valence-corrected chi connectivity index (χ0v) is 68.1. The minimum atomic E-state index is -2.48. The first-order valence-electron chi connectivity index (χ1n) is 44.8. The van der Waals surface area contributed by atoms with Crippen molar-refractivity contribution in [2.45, 2.75) is 177 Å². The second kappa shape index (κ2) is 36.8. The summed E-state index contributed by atoms with van der Waals surface area (Å²) in [7, 11) is 7.98. The number of hydrogen-bond donors (Lipinski definition) is 0. The number of rotatable bonds is 18. The van der Waals surface area contributed by atoms with Crippen LogP contribution < -0.4 is 18.3 Å². The molecule has 0 aliphatic rings. The van der Waals surface area contributed by atoms with Crippen LogP contribution in [0.25, 0.3) is 89.5 Å². The summed E-state index contributed by atoms with van der Waals surface area (Å²) in [5.41, 5.74) is 31.5. The highest BCUT2D eigenvalue weighted by molar-refractivity contribution is 5.80. The molecule has 4 heterocycles. The van der Waals surface area contributed by atoms with Gasteiger partial charge in [0.25, 0.3) is 0 Å². The standard InChI is InChI=1S/C28H36N.3C25H30N/c1-19(2)13-24-16-28(29(7)18-25(24)14-20(3)4)27-17-26(21(5)15-22(27)6)23-11-9-8-10-12-23;1-17(2)12-22-16-26(6)25(14-18(22)3)24-15-23(19(4)13-20(24)5)21-10-8-7-9-11-21;2*1-17(2)12-22-14-25(26(6)16-20(22)5)24-15-23(18(3)13-19(24)4)21-10-8-7-9-11-21/h8-12,15-20H,13-14H2,1-7H3;3*7-11,13-17H,12H2,1-6H3/q4*+1/i;4D3,12D2;3D3,5D3,12D2;. The van der Waals surface area contributed by atoms with Crippen molar-refractivity contribution in [3.8, 4) is 89.5 Å². The second-order valence-corrected chi connectivity index (χ2v) is 31.5. The molecular weight excluding hydrogens is 1290 g/mol. The van der Waals surface area contributed by atoms with Crippen molar-refractivity contribution in [2.24, 2.45) is 57.8 Å². The first kappa shape index (κ1) is 64.5. The normalized spacial score (nSPS) is 13.7. The van der Waals surface area contributed by atoms with E-state index in [1.807, 2.05) is 131 Å². The zero-order valence-electron chi connectivity index (χ0n) is 81.1. The highest BCUT2D eigenvalue weighted by Gasteiger charge is 2.25. The third kappa shape index (κ3) is 21.0. The average molecular weight is 1430 g/mol. The maximum absolute atomic E-state index is 8.65. The van der Waals surface area contributed by atoms with E-state index in [1.165, 1.54) is 95.5 Å². The van der Waals surface area contributed by atoms with Gasteiger partial charge in [0.15, 0.2) is 24.8 Å². The van der Waals surface area contributed by atoms with E-state index < -0.39 is 39.2 Å². The largest absolute Gasteiger partial charge is 0.212 e. The number of hydrogen-bond acceptors (Lipinski definition) is 0. The predicted octanol–water partition coefficient (Wildman–Crippen LogP) is 24.8. The van der Waals surface area contributed by atoms with E-state index >= 15 is 0 Å². The fourth-order valence-corrected chi connectivity index (χ4v) is 14.6. The Bertz CT molecular complexity index is 5580. The van der Waals surface area contributed by atoms with Gasteiger partial charge in [-0.25, -0.2) is 18.3 Å². The van der Waals surface area contributed by atoms with Crippen LogP contribution in [0.5, 0.6) is 0 Å². The van der Waals surface area contributed by atoms with Gasteiger partial charge in [0.2, 0.25) is 22.8 Å². The van der Waals surface area contributed by atoms with Gasteiger partial charge in [-0.2, -0.15) is 0 Å². The number of aromatic nitrogens is 4. The van der Waals surface area contributed by atoms with Crippen molar-refractivity contribution in [1.29, 1.82) is 0 Å². The quantitative estimate of drug-likeness (QED) is 0.0761. The van der Waals surface area contributed by atoms with Crippen LogP contribution in [-0.4, -0.2) is 0 Å². The molecule has 12 aromatic rings. The van der Waals surface area contributed by atoms with E-state index in [1.54, 1.807) is 43.7 Å². The second-order valence-electron chi connectivity index (χ2n) is 31.5. The van der Waals surface area contributed by atoms with Gasteiger partial charge in [0.05, 0.1) is 0 Å². The summed E-state index contributed by atoms with van der Waals surface area (Å²) in [6.45, 7) is 30.8. The lowest BCUT2D eigenvalue weighted by molar-refractivity contribution is -0.661. The molecule has 0 N–H and O–H groups in total. The number of nitrogens with zero attached hydrogens (tertiary/aromatic N) is 4. The van der Waals surface area contributed by atoms with Crippen LogP contribution in [-0.2, 0) is 60.2 Å². The lowest BCUT2D eigenvalue weighted by atomic mass is 9.90. The smallest absolute Gasteiger partial charge is 0.201 e. The molecule has 0 amide bonds. The minimum absolute atomic E-state index is 0.0301. The summed E-state index contributed by atoms with van der Waals surface area (Å²) >= 11 is 0. The van der Waals surface area contributed by atoms with Gasteiger partial charge >= 0.3 is 0 Å². The van der Waals surface area contributed by atoms with Crippen LogP contribution in [0, 0.1) is 106 Å². The average Bonchev–Trinajstić information content (AvgIpc) is 0.746. The topological polar surface area (TPSA) is 15.5 Å². The molecule has 0 saturated carbocycles. The van der Waals surface area contributed by atoms with Gasteiger partial charge < -0.3 is 0 Å². The molecule has 0 saturated heterocycles. The number of aryl methyl sites for hydroxylation is 15. The van der Waals surface area contributed by atoms with Gasteiger partial charge in [-0.05, 0) is 273 Å². The van der Waals surface area contributed by atoms with E-state index in [2.05, 4.69) is 209 Å². The fourth-order valence-electron chi connectivity index (χ4n) is 14.6. The molecule has 107 heavy (non-hydrogen) atoms. The van der Waals surface area contributed by atoms with Crippen LogP contribution in [0.4, 0.5) is 0 Å². The monoisotopic (exact) mass is 1430 g/mol. The Labute approximate surface area is 665 Å². The highest BCUT2D eigenvalue weighted by atomic mass is 14.9. The summed E-state index contributed by atoms with van der Waals surface area (Å²) in [5.74, 6) is 1.38. The molecule has 0 spiro atoms. The van der Waals surface area contributed by atoms with Crippen LogP contribution in [0.2, 0.25) is 0 Å². The molecule has 0 atom stereocenters. The van der Waals surface area contributed by atoms with Crippen molar-refractivity contribution < 1.29 is 36.1 Å². The Kier molecular flexibility index (Phi) is 22.2. The van der Waals surface area contributed by atoms with Crippen molar-refractivity contribution in [2.75, 3.05) is 0 Å². The maximum atomic E-state index is 8.65. The summed E-state index contributed by atoms with van der Waals surface area (Å²) in [5, 5.41) is 0. The highest BCUT2D eigenvalue weighted by Crippen LogP contribution is 2.37. The van der Waals surface area contributed by atoms with E-state index in [-0.39, 0.29) is 22.6 Å². The van der Waals surface area contributed by atoms with E-state index in [9.17, 15) is 0 Å². The van der Waals surface area contributed by atoms with Crippen LogP contribution in [0.15, 0.2) is 219 Å². The minimum Gasteiger partial charge on any atom is -0.201 e. The van der Waals surface area contributed by atoms with Gasteiger partial charge in [-0.1, -0.05) is 215 Å². The first-order valence-corrected chi connectivity index (χ1v) is 38.3. The zero-order chi connectivity index (χ0) is 88.7. The molecule has 0 radical (unpaired) electrons. The third-order valence-electron chi connectivity index (χ3n) is 19.9. The Morgan fingerprint density at radius 1 is 0.243 bits per heavy atom. The van der Waals surface area contributed by atoms with Gasteiger partial charge in [-0.15, -0.1) is 0 Å². The Morgan fingerprint density at radius 3 is 0.869 bits per heavy atom. The van der Waals surface area contributed by atoms with Crippen molar-refractivity contribution in [3.63, 3.8) is 0 Å². The molecule has 8 aromatic carbocycles. The molecular formula is C103H126N4+4. The Balaban J connectivity index is 0.000000183. The molecule has 0 unspecified atom stereocenters. The Hall–Kier alpha value is -9.64. The summed E-state index contributed by atoms with van der Waals surface area (Å²) in [6, 6.07) is 65.3. The first-order chi connectivity index (χ1) is 56.0. The lowest BCUT2D eigenvalue weighted by Crippen LogP contribution is -2.32. The summed E-state index contributed by atoms with van der Waals surface area (Å²) in [4.78, 5) is 0. The van der Waals surface area contributed by atoms with E-state index in [4.69, 9.17) is 17.8 Å². The van der Waals surface area contributed by atoms with Gasteiger partial charge in [0.1, 0.15) is 28.2 Å². The Morgan fingerprint density at radius 2 is 0.514 bits per heavy atom. The van der Waals surface area contributed by atoms with Crippen molar-refractivity contribution in [3.05, 3.63) is 308 Å². The molecule has 4 nitrogen and oxygen atoms in total. The molecule has 0 aliphatic heterocycles. The predicted molar refractivity (Wildman–Crippen MR) is 459 cm³/mol. The summed E-state index contributed by atoms with van der Waals surface area (Å²) < 4.78 is 115. The molecule has 12 rings (SSSR count). The number of pyridine rings is 4. The fraction of sp³-hybridized carbons (Fsp3) is 0.340. The van der Waals surface area contributed by atoms with Crippen LogP contribution >= 0.6 is 0 Å². The maximum Gasteiger partial charge on any atom is 0.212 e. The molecule has 4 aromatic heterocycles. The van der Waals surface area contributed by atoms with Gasteiger partial charge in [-0.3, -0.25) is 0 Å². The van der Waals surface area contributed by atoms with Crippen LogP contribution in [0.1, 0.15) is 176 Å². The van der Waals surface area contributed by atoms with Crippen LogP contribution in [0.3, 0.4) is 0 Å². The SMILES string of the molecule is Cc1c[n+](C)c(-c2cc(-c3ccccc3)c(C)cc2C)cc1CC(C)C.Cc1cc(C)c(-c2cc(CC(C)C)c(CC(C)C)c[n+]2C)cc1-c1ccccc1.[2H]C([2H])([2H])c1cc(C)c(-c2cc(C([2H])([2H])C(C)C)c(C([2H])([2H])[2H])c[n+]2C)cc1-c1ccccc1.[2H]C([2H])([2H])c1cc(C)c(-c2cc(C)c(C([2H])([2H])C(C)C)c[n+]2C)cc1-c1ccccc1. The van der Waals surface area contributed by atoms with Crippen molar-refractivity contribution >= 4 is 0 Å².